The lowest BCUT2D eigenvalue weighted by atomic mass is 10.3. The van der Waals surface area contributed by atoms with Crippen LogP contribution < -0.4 is 5.32 Å². The van der Waals surface area contributed by atoms with Gasteiger partial charge in [-0.25, -0.2) is 0 Å². The van der Waals surface area contributed by atoms with E-state index in [2.05, 4.69) is 17.4 Å². The van der Waals surface area contributed by atoms with Crippen molar-refractivity contribution in [2.45, 2.75) is 0 Å². The van der Waals surface area contributed by atoms with Gasteiger partial charge in [-0.2, -0.15) is 0 Å². The average molecular weight is 236 g/mol. The van der Waals surface area contributed by atoms with Crippen LogP contribution in [0.1, 0.15) is 0 Å². The van der Waals surface area contributed by atoms with E-state index in [1.807, 2.05) is 18.2 Å². The van der Waals surface area contributed by atoms with Crippen LogP contribution in [-0.2, 0) is 0 Å². The Morgan fingerprint density at radius 2 is 1.80 bits per heavy atom. The summed E-state index contributed by atoms with van der Waals surface area (Å²) >= 11 is 12.0. The second-order valence-electron chi connectivity index (χ2n) is 3.49. The molecule has 15 heavy (non-hydrogen) atoms. The van der Waals surface area contributed by atoms with E-state index < -0.39 is 0 Å². The van der Waals surface area contributed by atoms with Crippen molar-refractivity contribution >= 4 is 34.6 Å². The molecular formula is C12H7Cl2N. The molecule has 2 aliphatic carbocycles. The molecule has 0 bridgehead atoms. The maximum absolute atomic E-state index is 6.07. The lowest BCUT2D eigenvalue weighted by molar-refractivity contribution is 1.59. The van der Waals surface area contributed by atoms with Crippen LogP contribution in [0.3, 0.4) is 0 Å². The van der Waals surface area contributed by atoms with Gasteiger partial charge < -0.3 is 5.32 Å². The van der Waals surface area contributed by atoms with Gasteiger partial charge in [-0.05, 0) is 29.8 Å². The van der Waals surface area contributed by atoms with Gasteiger partial charge in [-0.1, -0.05) is 35.3 Å². The summed E-state index contributed by atoms with van der Waals surface area (Å²) in [5.74, 6) is 0. The molecule has 0 atom stereocenters. The Morgan fingerprint density at radius 3 is 2.47 bits per heavy atom. The number of benzene rings is 2. The summed E-state index contributed by atoms with van der Waals surface area (Å²) in [6.07, 6.45) is 0. The Hall–Kier alpha value is -1.18. The van der Waals surface area contributed by atoms with Gasteiger partial charge in [0.25, 0.3) is 0 Å². The fourth-order valence-electron chi connectivity index (χ4n) is 1.61. The van der Waals surface area contributed by atoms with Gasteiger partial charge >= 0.3 is 0 Å². The summed E-state index contributed by atoms with van der Waals surface area (Å²) in [7, 11) is 0. The van der Waals surface area contributed by atoms with E-state index in [1.165, 1.54) is 11.1 Å². The van der Waals surface area contributed by atoms with E-state index in [1.54, 1.807) is 6.07 Å². The fraction of sp³-hybridized carbons (Fsp3) is 0. The van der Waals surface area contributed by atoms with Crippen molar-refractivity contribution in [2.24, 2.45) is 0 Å². The summed E-state index contributed by atoms with van der Waals surface area (Å²) in [6.45, 7) is 0. The van der Waals surface area contributed by atoms with E-state index in [0.717, 1.165) is 11.4 Å². The highest BCUT2D eigenvalue weighted by Crippen LogP contribution is 2.44. The standard InChI is InChI=1S/C12H7Cl2N/c13-9-2-1-3-11(12(9)14)15-10-5-4-7-6-8(7)10/h1-6,15H. The first-order valence-electron chi connectivity index (χ1n) is 4.61. The summed E-state index contributed by atoms with van der Waals surface area (Å²) < 4.78 is 0. The molecule has 0 saturated heterocycles. The molecule has 2 aliphatic rings. The van der Waals surface area contributed by atoms with Crippen molar-refractivity contribution in [3.05, 3.63) is 46.4 Å². The van der Waals surface area contributed by atoms with Gasteiger partial charge in [-0.3, -0.25) is 0 Å². The molecule has 0 spiro atoms. The van der Waals surface area contributed by atoms with Crippen molar-refractivity contribution in [1.82, 2.24) is 0 Å². The third-order valence-electron chi connectivity index (χ3n) is 2.47. The summed E-state index contributed by atoms with van der Waals surface area (Å²) in [5.41, 5.74) is 4.51. The van der Waals surface area contributed by atoms with Crippen LogP contribution in [0.15, 0.2) is 36.4 Å². The molecule has 0 aliphatic heterocycles. The molecule has 74 valence electrons. The SMILES string of the molecule is Clc1cccc(Nc2ccc3cc2-3)c1Cl. The van der Waals surface area contributed by atoms with Crippen molar-refractivity contribution in [3.63, 3.8) is 0 Å². The van der Waals surface area contributed by atoms with Crippen LogP contribution in [0, 0.1) is 0 Å². The summed E-state index contributed by atoms with van der Waals surface area (Å²) in [6, 6.07) is 11.8. The highest BCUT2D eigenvalue weighted by Gasteiger charge is 2.17. The first-order valence-corrected chi connectivity index (χ1v) is 5.37. The van der Waals surface area contributed by atoms with Gasteiger partial charge in [0.05, 0.1) is 15.7 Å². The first kappa shape index (κ1) is 9.08. The quantitative estimate of drug-likeness (QED) is 0.678. The molecule has 0 radical (unpaired) electrons. The third-order valence-corrected chi connectivity index (χ3v) is 3.29. The Balaban J connectivity index is 1.95. The maximum Gasteiger partial charge on any atom is 0.0827 e. The van der Waals surface area contributed by atoms with E-state index in [-0.39, 0.29) is 0 Å². The van der Waals surface area contributed by atoms with Crippen LogP contribution in [0.4, 0.5) is 11.4 Å². The predicted octanol–water partition coefficient (Wildman–Crippen LogP) is 4.72. The molecule has 0 unspecified atom stereocenters. The molecule has 0 heterocycles. The monoisotopic (exact) mass is 235 g/mol. The lowest BCUT2D eigenvalue weighted by Gasteiger charge is -2.07. The third kappa shape index (κ3) is 1.48. The topological polar surface area (TPSA) is 12.0 Å². The predicted molar refractivity (Wildman–Crippen MR) is 65.2 cm³/mol. The molecule has 3 heteroatoms. The molecule has 0 aromatic heterocycles. The molecule has 0 amide bonds. The number of hydrogen-bond acceptors (Lipinski definition) is 1. The Bertz CT molecular complexity index is 549. The van der Waals surface area contributed by atoms with Crippen LogP contribution in [0.5, 0.6) is 0 Å². The molecule has 1 nitrogen and oxygen atoms in total. The molecule has 1 aromatic carbocycles. The van der Waals surface area contributed by atoms with Gasteiger partial charge in [-0.15, -0.1) is 0 Å². The van der Waals surface area contributed by atoms with E-state index in [9.17, 15) is 0 Å². The van der Waals surface area contributed by atoms with Crippen molar-refractivity contribution in [3.8, 4) is 11.1 Å². The zero-order valence-corrected chi connectivity index (χ0v) is 9.23. The highest BCUT2D eigenvalue weighted by molar-refractivity contribution is 6.43. The van der Waals surface area contributed by atoms with Crippen molar-refractivity contribution in [2.75, 3.05) is 5.32 Å². The lowest BCUT2D eigenvalue weighted by Crippen LogP contribution is -1.89. The van der Waals surface area contributed by atoms with Crippen molar-refractivity contribution < 1.29 is 0 Å². The second-order valence-corrected chi connectivity index (χ2v) is 4.27. The molecule has 1 aromatic rings. The Kier molecular flexibility index (Phi) is 1.91. The largest absolute Gasteiger partial charge is 0.354 e. The number of hydrogen-bond donors (Lipinski definition) is 1. The minimum atomic E-state index is 0.565. The van der Waals surface area contributed by atoms with E-state index in [4.69, 9.17) is 23.2 Å². The van der Waals surface area contributed by atoms with Gasteiger partial charge in [0.2, 0.25) is 0 Å². The molecule has 0 fully saturated rings. The second kappa shape index (κ2) is 3.16. The van der Waals surface area contributed by atoms with Crippen LogP contribution >= 0.6 is 23.2 Å². The Labute approximate surface area is 97.6 Å². The maximum atomic E-state index is 6.07. The minimum absolute atomic E-state index is 0.565. The summed E-state index contributed by atoms with van der Waals surface area (Å²) in [5, 5.41) is 4.40. The van der Waals surface area contributed by atoms with E-state index >= 15 is 0 Å². The first-order chi connectivity index (χ1) is 7.25. The zero-order valence-electron chi connectivity index (χ0n) is 7.72. The Morgan fingerprint density at radius 1 is 0.933 bits per heavy atom. The van der Waals surface area contributed by atoms with E-state index in [0.29, 0.717) is 10.0 Å². The summed E-state index contributed by atoms with van der Waals surface area (Å²) in [4.78, 5) is 0. The van der Waals surface area contributed by atoms with Crippen LogP contribution in [0.2, 0.25) is 10.0 Å². The number of rotatable bonds is 2. The average Bonchev–Trinajstić information content (AvgIpc) is 2.91. The van der Waals surface area contributed by atoms with Crippen LogP contribution in [0.25, 0.3) is 11.1 Å². The van der Waals surface area contributed by atoms with Gasteiger partial charge in [0, 0.05) is 11.3 Å². The zero-order chi connectivity index (χ0) is 10.4. The molecule has 1 N–H and O–H groups in total. The number of halogens is 2. The number of fused-ring (bicyclic) bond motifs is 1. The molecule has 3 rings (SSSR count). The smallest absolute Gasteiger partial charge is 0.0827 e. The number of nitrogens with one attached hydrogen (secondary N) is 1. The molecule has 0 saturated carbocycles. The van der Waals surface area contributed by atoms with Crippen LogP contribution in [-0.4, -0.2) is 0 Å². The van der Waals surface area contributed by atoms with Crippen molar-refractivity contribution in [1.29, 1.82) is 0 Å². The minimum Gasteiger partial charge on any atom is -0.354 e. The number of anilines is 2. The normalized spacial score (nSPS) is 11.3. The molecular weight excluding hydrogens is 229 g/mol. The highest BCUT2D eigenvalue weighted by atomic mass is 35.5. The fourth-order valence-corrected chi connectivity index (χ4v) is 1.96. The van der Waals surface area contributed by atoms with Gasteiger partial charge in [0.15, 0.2) is 0 Å². The van der Waals surface area contributed by atoms with Gasteiger partial charge in [0.1, 0.15) is 0 Å².